The maximum absolute atomic E-state index is 11.5. The van der Waals surface area contributed by atoms with Gasteiger partial charge in [-0.1, -0.05) is 11.6 Å². The number of aliphatic hydroxyl groups excluding tert-OH is 2. The highest BCUT2D eigenvalue weighted by Gasteiger charge is 2.36. The van der Waals surface area contributed by atoms with Crippen molar-refractivity contribution in [2.45, 2.75) is 5.12 Å². The van der Waals surface area contributed by atoms with Gasteiger partial charge in [-0.25, -0.2) is 4.79 Å². The lowest BCUT2D eigenvalue weighted by Gasteiger charge is -2.26. The van der Waals surface area contributed by atoms with Crippen molar-refractivity contribution in [3.8, 4) is 0 Å². The molecule has 0 aliphatic carbocycles. The highest BCUT2D eigenvalue weighted by atomic mass is 35.5. The average molecular weight is 256 g/mol. The van der Waals surface area contributed by atoms with Gasteiger partial charge in [0.05, 0.1) is 13.2 Å². The maximum atomic E-state index is 11.5. The second-order valence-corrected chi connectivity index (χ2v) is 3.45. The molecule has 0 amide bonds. The van der Waals surface area contributed by atoms with Crippen LogP contribution in [-0.4, -0.2) is 60.8 Å². The Kier molecular flexibility index (Phi) is 8.44. The number of esters is 1. The molecule has 0 fully saturated rings. The lowest BCUT2D eigenvalue weighted by Crippen LogP contribution is -2.60. The van der Waals surface area contributed by atoms with Crippen LogP contribution in [0.3, 0.4) is 0 Å². The molecule has 0 saturated carbocycles. The number of ether oxygens (including phenoxy) is 1. The predicted octanol–water partition coefficient (Wildman–Crippen LogP) is -2.46. The Morgan fingerprint density at radius 1 is 1.31 bits per heavy atom. The molecule has 0 heterocycles. The van der Waals surface area contributed by atoms with Crippen LogP contribution in [0.1, 0.15) is 0 Å². The van der Waals surface area contributed by atoms with Crippen LogP contribution in [0.15, 0.2) is 0 Å². The zero-order chi connectivity index (χ0) is 12.4. The summed E-state index contributed by atoms with van der Waals surface area (Å²) in [5, 5.41) is 20.8. The van der Waals surface area contributed by atoms with E-state index in [0.717, 1.165) is 0 Å². The first-order chi connectivity index (χ1) is 7.60. The number of carbonyl (C=O) groups excluding carboxylic acids is 1. The van der Waals surface area contributed by atoms with E-state index < -0.39 is 11.1 Å². The van der Waals surface area contributed by atoms with Gasteiger partial charge in [-0.2, -0.15) is 0 Å². The van der Waals surface area contributed by atoms with Crippen LogP contribution in [-0.2, 0) is 9.53 Å². The van der Waals surface area contributed by atoms with Crippen LogP contribution >= 0.6 is 11.6 Å². The molecule has 0 aromatic rings. The van der Waals surface area contributed by atoms with Crippen LogP contribution in [0.5, 0.6) is 0 Å². The summed E-state index contributed by atoms with van der Waals surface area (Å²) in [7, 11) is 0. The molecule has 0 aromatic carbocycles. The molecule has 0 spiro atoms. The monoisotopic (exact) mass is 255 g/mol. The van der Waals surface area contributed by atoms with Crippen LogP contribution in [0.2, 0.25) is 0 Å². The fourth-order valence-corrected chi connectivity index (χ4v) is 1.16. The number of carbonyl (C=O) groups is 1. The molecule has 96 valence electrons. The topological polar surface area (TPSA) is 117 Å². The Labute approximate surface area is 98.9 Å². The van der Waals surface area contributed by atoms with Gasteiger partial charge in [0, 0.05) is 19.6 Å². The highest BCUT2D eigenvalue weighted by Crippen LogP contribution is 2.09. The van der Waals surface area contributed by atoms with Crippen molar-refractivity contribution in [2.24, 2.45) is 5.73 Å². The van der Waals surface area contributed by atoms with Gasteiger partial charge in [0.2, 0.25) is 5.12 Å². The second kappa shape index (κ2) is 8.68. The quantitative estimate of drug-likeness (QED) is 0.134. The van der Waals surface area contributed by atoms with Crippen LogP contribution in [0, 0.1) is 0 Å². The highest BCUT2D eigenvalue weighted by molar-refractivity contribution is 6.33. The predicted molar refractivity (Wildman–Crippen MR) is 58.8 cm³/mol. The minimum absolute atomic E-state index is 0.0505. The molecule has 0 radical (unpaired) electrons. The fourth-order valence-electron chi connectivity index (χ4n) is 0.914. The molecule has 0 saturated heterocycles. The van der Waals surface area contributed by atoms with Crippen molar-refractivity contribution < 1.29 is 19.7 Å². The van der Waals surface area contributed by atoms with E-state index in [-0.39, 0.29) is 39.5 Å². The molecule has 0 unspecified atom stereocenters. The normalized spacial score (nSPS) is 11.5. The first kappa shape index (κ1) is 15.6. The fraction of sp³-hybridized carbons (Fsp3) is 0.875. The lowest BCUT2D eigenvalue weighted by molar-refractivity contribution is -0.149. The summed E-state index contributed by atoms with van der Waals surface area (Å²) >= 11 is 5.92. The van der Waals surface area contributed by atoms with Crippen molar-refractivity contribution >= 4 is 17.6 Å². The first-order valence-corrected chi connectivity index (χ1v) is 5.26. The van der Waals surface area contributed by atoms with E-state index in [1.807, 2.05) is 0 Å². The SMILES string of the molecule is NCCOC(=O)C(Cl)(NCCO)NCCO. The molecular formula is C8H18ClN3O4. The number of aliphatic hydroxyl groups is 2. The largest absolute Gasteiger partial charge is 0.461 e. The zero-order valence-corrected chi connectivity index (χ0v) is 9.66. The van der Waals surface area contributed by atoms with Gasteiger partial charge in [0.25, 0.3) is 0 Å². The third-order valence-electron chi connectivity index (χ3n) is 1.59. The van der Waals surface area contributed by atoms with Gasteiger partial charge >= 0.3 is 5.97 Å². The molecule has 0 rings (SSSR count). The summed E-state index contributed by atoms with van der Waals surface area (Å²) in [6, 6.07) is 0. The Hall–Kier alpha value is -0.440. The summed E-state index contributed by atoms with van der Waals surface area (Å²) in [4.78, 5) is 11.5. The number of halogens is 1. The lowest BCUT2D eigenvalue weighted by atomic mass is 10.4. The molecular weight excluding hydrogens is 238 g/mol. The Balaban J connectivity index is 4.30. The maximum Gasteiger partial charge on any atom is 0.357 e. The van der Waals surface area contributed by atoms with Crippen LogP contribution in [0.4, 0.5) is 0 Å². The van der Waals surface area contributed by atoms with Gasteiger partial charge < -0.3 is 20.7 Å². The number of rotatable bonds is 9. The second-order valence-electron chi connectivity index (χ2n) is 2.88. The number of nitrogens with two attached hydrogens (primary N) is 1. The molecule has 0 atom stereocenters. The number of hydrogen-bond acceptors (Lipinski definition) is 7. The molecule has 0 bridgehead atoms. The molecule has 0 aliphatic heterocycles. The summed E-state index contributed by atoms with van der Waals surface area (Å²) in [5.41, 5.74) is 5.18. The van der Waals surface area contributed by atoms with E-state index in [1.165, 1.54) is 0 Å². The zero-order valence-electron chi connectivity index (χ0n) is 8.91. The summed E-state index contributed by atoms with van der Waals surface area (Å²) < 4.78 is 4.77. The Bertz CT molecular complexity index is 198. The minimum atomic E-state index is -1.65. The van der Waals surface area contributed by atoms with Crippen LogP contribution in [0.25, 0.3) is 0 Å². The number of nitrogens with one attached hydrogen (secondary N) is 2. The number of hydrogen-bond donors (Lipinski definition) is 5. The van der Waals surface area contributed by atoms with Crippen molar-refractivity contribution in [2.75, 3.05) is 39.5 Å². The summed E-state index contributed by atoms with van der Waals surface area (Å²) in [5.74, 6) is -0.749. The standard InChI is InChI=1S/C8H18ClN3O4/c9-8(11-2-4-13,12-3-5-14)7(15)16-6-1-10/h11-14H,1-6,10H2. The van der Waals surface area contributed by atoms with E-state index >= 15 is 0 Å². The molecule has 6 N–H and O–H groups in total. The molecule has 8 heteroatoms. The Morgan fingerprint density at radius 2 is 1.81 bits per heavy atom. The molecule has 0 aromatic heterocycles. The van der Waals surface area contributed by atoms with Gasteiger partial charge in [0.1, 0.15) is 6.61 Å². The number of alkyl halides is 1. The Morgan fingerprint density at radius 3 is 2.19 bits per heavy atom. The first-order valence-electron chi connectivity index (χ1n) is 4.88. The molecule has 16 heavy (non-hydrogen) atoms. The van der Waals surface area contributed by atoms with Crippen molar-refractivity contribution in [1.82, 2.24) is 10.6 Å². The van der Waals surface area contributed by atoms with E-state index in [9.17, 15) is 4.79 Å². The van der Waals surface area contributed by atoms with Gasteiger partial charge in [-0.05, 0) is 0 Å². The van der Waals surface area contributed by atoms with Gasteiger partial charge in [-0.3, -0.25) is 10.6 Å². The van der Waals surface area contributed by atoms with Gasteiger partial charge in [-0.15, -0.1) is 0 Å². The van der Waals surface area contributed by atoms with E-state index in [0.29, 0.717) is 0 Å². The van der Waals surface area contributed by atoms with Crippen molar-refractivity contribution in [1.29, 1.82) is 0 Å². The van der Waals surface area contributed by atoms with Gasteiger partial charge in [0.15, 0.2) is 0 Å². The minimum Gasteiger partial charge on any atom is -0.461 e. The smallest absolute Gasteiger partial charge is 0.357 e. The van der Waals surface area contributed by atoms with E-state index in [2.05, 4.69) is 10.6 Å². The van der Waals surface area contributed by atoms with E-state index in [4.69, 9.17) is 32.3 Å². The summed E-state index contributed by atoms with van der Waals surface area (Å²) in [6.45, 7) is 0.103. The molecule has 0 aliphatic rings. The third kappa shape index (κ3) is 5.59. The van der Waals surface area contributed by atoms with Crippen molar-refractivity contribution in [3.05, 3.63) is 0 Å². The van der Waals surface area contributed by atoms with Crippen LogP contribution < -0.4 is 16.4 Å². The third-order valence-corrected chi connectivity index (χ3v) is 2.01. The van der Waals surface area contributed by atoms with E-state index in [1.54, 1.807) is 0 Å². The molecule has 7 nitrogen and oxygen atoms in total. The summed E-state index contributed by atoms with van der Waals surface area (Å²) in [6.07, 6.45) is 0. The van der Waals surface area contributed by atoms with Crippen molar-refractivity contribution in [3.63, 3.8) is 0 Å². The average Bonchev–Trinajstić information content (AvgIpc) is 2.30.